The maximum atomic E-state index is 12.1. The van der Waals surface area contributed by atoms with Crippen LogP contribution in [0.25, 0.3) is 0 Å². The molecule has 0 fully saturated rings. The predicted molar refractivity (Wildman–Crippen MR) is 93.9 cm³/mol. The quantitative estimate of drug-likeness (QED) is 0.511. The number of nitrogens with zero attached hydrogens (tertiary/aromatic N) is 1. The van der Waals surface area contributed by atoms with Crippen LogP contribution in [0.1, 0.15) is 11.1 Å². The van der Waals surface area contributed by atoms with Crippen LogP contribution in [-0.2, 0) is 4.79 Å². The molecule has 0 spiro atoms. The Labute approximate surface area is 138 Å². The van der Waals surface area contributed by atoms with Crippen molar-refractivity contribution in [3.8, 4) is 0 Å². The Balaban J connectivity index is 2.05. The third-order valence-electron chi connectivity index (χ3n) is 3.26. The van der Waals surface area contributed by atoms with Gasteiger partial charge in [0.05, 0.1) is 4.92 Å². The molecule has 0 atom stereocenters. The van der Waals surface area contributed by atoms with Crippen LogP contribution >= 0.6 is 12.2 Å². The van der Waals surface area contributed by atoms with Gasteiger partial charge in [-0.1, -0.05) is 30.4 Å². The van der Waals surface area contributed by atoms with Crippen LogP contribution in [0, 0.1) is 24.0 Å². The first-order valence-corrected chi connectivity index (χ1v) is 7.22. The normalized spacial score (nSPS) is 10.0. The summed E-state index contributed by atoms with van der Waals surface area (Å²) in [6.07, 6.45) is 0. The van der Waals surface area contributed by atoms with Gasteiger partial charge in [0, 0.05) is 23.5 Å². The number of nitro benzene ring substituents is 1. The van der Waals surface area contributed by atoms with E-state index in [0.717, 1.165) is 16.8 Å². The van der Waals surface area contributed by atoms with E-state index < -0.39 is 10.8 Å². The molecule has 0 saturated carbocycles. The number of nitro groups is 1. The van der Waals surface area contributed by atoms with Gasteiger partial charge in [0.2, 0.25) is 0 Å². The third-order valence-corrected chi connectivity index (χ3v) is 3.55. The van der Waals surface area contributed by atoms with Crippen molar-refractivity contribution in [2.24, 2.45) is 0 Å². The van der Waals surface area contributed by atoms with Gasteiger partial charge in [-0.15, -0.1) is 0 Å². The Morgan fingerprint density at radius 3 is 2.13 bits per heavy atom. The van der Waals surface area contributed by atoms with Gasteiger partial charge in [-0.05, 0) is 37.1 Å². The van der Waals surface area contributed by atoms with Crippen molar-refractivity contribution in [2.45, 2.75) is 13.8 Å². The fourth-order valence-corrected chi connectivity index (χ4v) is 2.19. The fraction of sp³-hybridized carbons (Fsp3) is 0.125. The Bertz CT molecular complexity index is 752. The molecule has 0 heterocycles. The predicted octanol–water partition coefficient (Wildman–Crippen LogP) is 3.59. The van der Waals surface area contributed by atoms with E-state index >= 15 is 0 Å². The second-order valence-corrected chi connectivity index (χ2v) is 5.39. The van der Waals surface area contributed by atoms with Crippen LogP contribution in [0.15, 0.2) is 42.5 Å². The van der Waals surface area contributed by atoms with Crippen molar-refractivity contribution in [1.82, 2.24) is 0 Å². The van der Waals surface area contributed by atoms with Crippen molar-refractivity contribution < 1.29 is 9.72 Å². The number of rotatable bonds is 3. The number of hydrogen-bond donors (Lipinski definition) is 2. The maximum Gasteiger partial charge on any atom is 0.283 e. The van der Waals surface area contributed by atoms with Crippen molar-refractivity contribution in [3.63, 3.8) is 0 Å². The molecular weight excluding hydrogens is 314 g/mol. The minimum Gasteiger partial charge on any atom is -0.342 e. The standard InChI is InChI=1S/C16H15N3O3S/c1-10-4-3-5-11(2)14(10)18-16(23)15(20)17-12-6-8-13(9-7-12)19(21)22/h3-9H,1-2H3,(H,17,20)(H,18,23). The van der Waals surface area contributed by atoms with Gasteiger partial charge < -0.3 is 10.6 Å². The lowest BCUT2D eigenvalue weighted by molar-refractivity contribution is -0.384. The van der Waals surface area contributed by atoms with Gasteiger partial charge in [0.25, 0.3) is 11.6 Å². The Morgan fingerprint density at radius 1 is 1.04 bits per heavy atom. The van der Waals surface area contributed by atoms with Gasteiger partial charge in [-0.3, -0.25) is 14.9 Å². The van der Waals surface area contributed by atoms with Crippen LogP contribution < -0.4 is 10.6 Å². The summed E-state index contributed by atoms with van der Waals surface area (Å²) >= 11 is 5.11. The Kier molecular flexibility index (Phi) is 5.02. The molecule has 0 aromatic heterocycles. The van der Waals surface area contributed by atoms with E-state index in [0.29, 0.717) is 5.69 Å². The molecule has 23 heavy (non-hydrogen) atoms. The van der Waals surface area contributed by atoms with Gasteiger partial charge in [-0.2, -0.15) is 0 Å². The van der Waals surface area contributed by atoms with E-state index in [1.54, 1.807) is 0 Å². The molecule has 2 rings (SSSR count). The number of carbonyl (C=O) groups excluding carboxylic acids is 1. The average Bonchev–Trinajstić information content (AvgIpc) is 2.51. The number of nitrogens with one attached hydrogen (secondary N) is 2. The molecule has 2 N–H and O–H groups in total. The van der Waals surface area contributed by atoms with E-state index in [1.807, 2.05) is 32.0 Å². The minimum atomic E-state index is -0.501. The van der Waals surface area contributed by atoms with Gasteiger partial charge in [-0.25, -0.2) is 0 Å². The van der Waals surface area contributed by atoms with Crippen LogP contribution in [0.3, 0.4) is 0 Å². The molecule has 0 aliphatic heterocycles. The lowest BCUT2D eigenvalue weighted by Gasteiger charge is -2.13. The van der Waals surface area contributed by atoms with Crippen molar-refractivity contribution in [1.29, 1.82) is 0 Å². The monoisotopic (exact) mass is 329 g/mol. The number of benzene rings is 2. The molecule has 7 heteroatoms. The van der Waals surface area contributed by atoms with Gasteiger partial charge in [0.1, 0.15) is 0 Å². The zero-order chi connectivity index (χ0) is 17.0. The number of thiocarbonyl (C=S) groups is 1. The van der Waals surface area contributed by atoms with E-state index in [4.69, 9.17) is 12.2 Å². The average molecular weight is 329 g/mol. The van der Waals surface area contributed by atoms with Gasteiger partial charge in [0.15, 0.2) is 4.99 Å². The number of anilines is 2. The van der Waals surface area contributed by atoms with Crippen LogP contribution in [0.5, 0.6) is 0 Å². The van der Waals surface area contributed by atoms with E-state index in [1.165, 1.54) is 24.3 Å². The number of amides is 1. The number of para-hydroxylation sites is 1. The smallest absolute Gasteiger partial charge is 0.283 e. The number of carbonyl (C=O) groups is 1. The summed E-state index contributed by atoms with van der Waals surface area (Å²) in [5.74, 6) is -0.475. The Hall–Kier alpha value is -2.80. The zero-order valence-corrected chi connectivity index (χ0v) is 13.4. The lowest BCUT2D eigenvalue weighted by atomic mass is 10.1. The van der Waals surface area contributed by atoms with E-state index in [9.17, 15) is 14.9 Å². The number of aryl methyl sites for hydroxylation is 2. The number of non-ortho nitro benzene ring substituents is 1. The molecule has 0 bridgehead atoms. The highest BCUT2D eigenvalue weighted by atomic mass is 32.1. The summed E-state index contributed by atoms with van der Waals surface area (Å²) in [4.78, 5) is 22.2. The molecule has 6 nitrogen and oxygen atoms in total. The third kappa shape index (κ3) is 4.10. The molecule has 0 saturated heterocycles. The summed E-state index contributed by atoms with van der Waals surface area (Å²) in [5.41, 5.74) is 3.16. The summed E-state index contributed by atoms with van der Waals surface area (Å²) < 4.78 is 0. The topological polar surface area (TPSA) is 84.3 Å². The van der Waals surface area contributed by atoms with Crippen molar-refractivity contribution in [2.75, 3.05) is 10.6 Å². The zero-order valence-electron chi connectivity index (χ0n) is 12.6. The van der Waals surface area contributed by atoms with Crippen LogP contribution in [-0.4, -0.2) is 15.8 Å². The molecule has 0 unspecified atom stereocenters. The molecule has 0 radical (unpaired) electrons. The Morgan fingerprint density at radius 2 is 1.61 bits per heavy atom. The van der Waals surface area contributed by atoms with Crippen molar-refractivity contribution >= 4 is 40.2 Å². The fourth-order valence-electron chi connectivity index (χ4n) is 2.04. The number of hydrogen-bond acceptors (Lipinski definition) is 4. The molecule has 0 aliphatic rings. The highest BCUT2D eigenvalue weighted by Gasteiger charge is 2.13. The van der Waals surface area contributed by atoms with E-state index in [2.05, 4.69) is 10.6 Å². The highest BCUT2D eigenvalue weighted by Crippen LogP contribution is 2.20. The van der Waals surface area contributed by atoms with Crippen molar-refractivity contribution in [3.05, 3.63) is 63.7 Å². The highest BCUT2D eigenvalue weighted by molar-refractivity contribution is 7.82. The lowest BCUT2D eigenvalue weighted by Crippen LogP contribution is -2.28. The molecule has 0 aliphatic carbocycles. The van der Waals surface area contributed by atoms with Crippen LogP contribution in [0.2, 0.25) is 0 Å². The van der Waals surface area contributed by atoms with Crippen LogP contribution in [0.4, 0.5) is 17.1 Å². The molecule has 1 amide bonds. The second kappa shape index (κ2) is 6.97. The first-order valence-electron chi connectivity index (χ1n) is 6.81. The largest absolute Gasteiger partial charge is 0.342 e. The second-order valence-electron chi connectivity index (χ2n) is 4.98. The van der Waals surface area contributed by atoms with Gasteiger partial charge >= 0.3 is 0 Å². The molecule has 118 valence electrons. The summed E-state index contributed by atoms with van der Waals surface area (Å²) in [7, 11) is 0. The maximum absolute atomic E-state index is 12.1. The minimum absolute atomic E-state index is 0.0285. The summed E-state index contributed by atoms with van der Waals surface area (Å²) in [5, 5.41) is 16.1. The van der Waals surface area contributed by atoms with E-state index in [-0.39, 0.29) is 10.7 Å². The first kappa shape index (κ1) is 16.6. The molecular formula is C16H15N3O3S. The summed E-state index contributed by atoms with van der Waals surface area (Å²) in [6, 6.07) is 11.3. The summed E-state index contributed by atoms with van der Waals surface area (Å²) in [6.45, 7) is 3.85. The first-order chi connectivity index (χ1) is 10.9. The molecule has 2 aromatic rings. The SMILES string of the molecule is Cc1cccc(C)c1NC(=S)C(=O)Nc1ccc([N+](=O)[O-])cc1. The molecule has 2 aromatic carbocycles.